The Hall–Kier alpha value is -1.48. The minimum Gasteiger partial charge on any atom is -0.497 e. The van der Waals surface area contributed by atoms with Crippen molar-refractivity contribution in [1.29, 1.82) is 0 Å². The maximum atomic E-state index is 6.23. The summed E-state index contributed by atoms with van der Waals surface area (Å²) >= 11 is 0. The molecule has 26 heavy (non-hydrogen) atoms. The van der Waals surface area contributed by atoms with Gasteiger partial charge in [0, 0.05) is 6.61 Å². The van der Waals surface area contributed by atoms with Gasteiger partial charge in [-0.1, -0.05) is 39.3 Å². The summed E-state index contributed by atoms with van der Waals surface area (Å²) in [4.78, 5) is 0. The van der Waals surface area contributed by atoms with Crippen molar-refractivity contribution in [2.24, 2.45) is 0 Å². The average Bonchev–Trinajstić information content (AvgIpc) is 2.59. The number of hydrogen-bond donors (Lipinski definition) is 0. The Balaban J connectivity index is 2.44. The van der Waals surface area contributed by atoms with Crippen LogP contribution in [0.15, 0.2) is 24.3 Å². The summed E-state index contributed by atoms with van der Waals surface area (Å²) in [5.74, 6) is 0.837. The lowest BCUT2D eigenvalue weighted by Crippen LogP contribution is -2.41. The molecule has 0 radical (unpaired) electrons. The first-order valence-electron chi connectivity index (χ1n) is 9.15. The van der Waals surface area contributed by atoms with E-state index in [-0.39, 0.29) is 11.1 Å². The highest BCUT2D eigenvalue weighted by Gasteiger charge is 2.36. The molecule has 0 aliphatic carbocycles. The molecule has 0 N–H and O–H groups in total. The highest BCUT2D eigenvalue weighted by Crippen LogP contribution is 2.36. The third-order valence-corrected chi connectivity index (χ3v) is 9.48. The molecule has 0 heterocycles. The van der Waals surface area contributed by atoms with Crippen molar-refractivity contribution in [3.8, 4) is 18.3 Å². The fraction of sp³-hybridized carbons (Fsp3) is 0.619. The van der Waals surface area contributed by atoms with Gasteiger partial charge in [-0.3, -0.25) is 0 Å². The second-order valence-electron chi connectivity index (χ2n) is 7.96. The number of terminal acetylenes is 1. The lowest BCUT2D eigenvalue weighted by atomic mass is 10.2. The topological polar surface area (TPSA) is 36.9 Å². The van der Waals surface area contributed by atoms with Crippen molar-refractivity contribution >= 4 is 8.32 Å². The van der Waals surface area contributed by atoms with Crippen LogP contribution in [0.3, 0.4) is 0 Å². The van der Waals surface area contributed by atoms with Gasteiger partial charge in [0.05, 0.1) is 19.8 Å². The molecule has 0 saturated heterocycles. The normalized spacial score (nSPS) is 13.1. The van der Waals surface area contributed by atoms with Gasteiger partial charge in [0.2, 0.25) is 0 Å². The molecule has 4 nitrogen and oxygen atoms in total. The summed E-state index contributed by atoms with van der Waals surface area (Å²) in [5.41, 5.74) is 1.09. The zero-order valence-electron chi connectivity index (χ0n) is 17.1. The summed E-state index contributed by atoms with van der Waals surface area (Å²) in [6.07, 6.45) is 9.17. The second-order valence-corrected chi connectivity index (χ2v) is 12.8. The zero-order valence-corrected chi connectivity index (χ0v) is 18.1. The van der Waals surface area contributed by atoms with E-state index in [1.807, 2.05) is 24.3 Å². The Labute approximate surface area is 160 Å². The fourth-order valence-corrected chi connectivity index (χ4v) is 3.23. The number of ether oxygens (including phenoxy) is 3. The van der Waals surface area contributed by atoms with Crippen molar-refractivity contribution < 1.29 is 18.6 Å². The molecule has 146 valence electrons. The van der Waals surface area contributed by atoms with Crippen LogP contribution in [-0.4, -0.2) is 34.7 Å². The first kappa shape index (κ1) is 22.6. The molecule has 0 fully saturated rings. The number of hydrogen-bond acceptors (Lipinski definition) is 4. The predicted molar refractivity (Wildman–Crippen MR) is 109 cm³/mol. The molecular weight excluding hydrogens is 344 g/mol. The van der Waals surface area contributed by atoms with Gasteiger partial charge in [0.25, 0.3) is 0 Å². The highest BCUT2D eigenvalue weighted by molar-refractivity contribution is 6.74. The monoisotopic (exact) mass is 378 g/mol. The van der Waals surface area contributed by atoms with Gasteiger partial charge in [-0.05, 0) is 48.7 Å². The fourth-order valence-electron chi connectivity index (χ4n) is 2.15. The summed E-state index contributed by atoms with van der Waals surface area (Å²) in [5, 5.41) is 0.226. The van der Waals surface area contributed by atoms with Crippen LogP contribution in [-0.2, 0) is 20.5 Å². The molecule has 1 rings (SSSR count). The van der Waals surface area contributed by atoms with E-state index >= 15 is 0 Å². The van der Waals surface area contributed by atoms with E-state index in [0.717, 1.165) is 30.8 Å². The number of rotatable bonds is 11. The third kappa shape index (κ3) is 7.82. The highest BCUT2D eigenvalue weighted by atomic mass is 28.4. The number of methoxy groups -OCH3 is 1. The van der Waals surface area contributed by atoms with Gasteiger partial charge in [-0.15, -0.1) is 0 Å². The molecule has 1 aromatic rings. The van der Waals surface area contributed by atoms with Crippen LogP contribution in [0.1, 0.15) is 39.2 Å². The molecule has 0 aromatic heterocycles. The summed E-state index contributed by atoms with van der Waals surface area (Å²) < 4.78 is 22.5. The molecule has 0 saturated carbocycles. The molecule has 5 heteroatoms. The van der Waals surface area contributed by atoms with E-state index in [1.165, 1.54) is 0 Å². The van der Waals surface area contributed by atoms with Crippen LogP contribution >= 0.6 is 0 Å². The molecule has 0 amide bonds. The lowest BCUT2D eigenvalue weighted by Gasteiger charge is -2.36. The van der Waals surface area contributed by atoms with Gasteiger partial charge in [0.15, 0.2) is 8.32 Å². The van der Waals surface area contributed by atoms with E-state index in [4.69, 9.17) is 25.1 Å². The maximum Gasteiger partial charge on any atom is 0.191 e. The molecule has 0 aliphatic rings. The van der Waals surface area contributed by atoms with Gasteiger partial charge in [-0.25, -0.2) is 0 Å². The Morgan fingerprint density at radius 3 is 2.35 bits per heavy atom. The Kier molecular flexibility index (Phi) is 9.21. The molecule has 1 unspecified atom stereocenters. The van der Waals surface area contributed by atoms with Gasteiger partial charge in [0.1, 0.15) is 18.5 Å². The van der Waals surface area contributed by atoms with Crippen molar-refractivity contribution in [2.75, 3.05) is 20.3 Å². The van der Waals surface area contributed by atoms with E-state index < -0.39 is 8.32 Å². The van der Waals surface area contributed by atoms with Gasteiger partial charge in [-0.2, -0.15) is 0 Å². The Bertz CT molecular complexity index is 555. The van der Waals surface area contributed by atoms with Gasteiger partial charge >= 0.3 is 0 Å². The second kappa shape index (κ2) is 10.6. The Morgan fingerprint density at radius 1 is 1.15 bits per heavy atom. The van der Waals surface area contributed by atoms with E-state index in [2.05, 4.69) is 40.0 Å². The van der Waals surface area contributed by atoms with Gasteiger partial charge < -0.3 is 18.6 Å². The third-order valence-electron chi connectivity index (χ3n) is 4.94. The van der Waals surface area contributed by atoms with Crippen LogP contribution in [0.5, 0.6) is 5.75 Å². The molecule has 1 aromatic carbocycles. The zero-order chi connectivity index (χ0) is 19.6. The molecular formula is C21H34O4Si. The van der Waals surface area contributed by atoms with Crippen molar-refractivity contribution in [1.82, 2.24) is 0 Å². The maximum absolute atomic E-state index is 6.23. The smallest absolute Gasteiger partial charge is 0.191 e. The summed E-state index contributed by atoms with van der Waals surface area (Å²) in [6, 6.07) is 7.86. The number of benzene rings is 1. The molecule has 0 bridgehead atoms. The minimum absolute atomic E-state index is 0.0452. The molecule has 0 aliphatic heterocycles. The standard InChI is InChI=1S/C21H34O4Si/c1-8-23-17-20(10-9-15-25-26(6,7)21(2,3)4)24-16-18-11-13-19(22-5)14-12-18/h1,11-14,20H,9-10,15-17H2,2-7H3. The van der Waals surface area contributed by atoms with Crippen molar-refractivity contribution in [2.45, 2.75) is 64.5 Å². The van der Waals surface area contributed by atoms with Crippen LogP contribution < -0.4 is 4.74 Å². The van der Waals surface area contributed by atoms with E-state index in [9.17, 15) is 0 Å². The Morgan fingerprint density at radius 2 is 1.81 bits per heavy atom. The van der Waals surface area contributed by atoms with E-state index in [1.54, 1.807) is 7.11 Å². The first-order chi connectivity index (χ1) is 12.2. The van der Waals surface area contributed by atoms with Crippen LogP contribution in [0.4, 0.5) is 0 Å². The lowest BCUT2D eigenvalue weighted by molar-refractivity contribution is -0.00515. The van der Waals surface area contributed by atoms with E-state index in [0.29, 0.717) is 13.2 Å². The minimum atomic E-state index is -1.70. The summed E-state index contributed by atoms with van der Waals surface area (Å²) in [6.45, 7) is 13.0. The SMILES string of the molecule is C#COCC(CCCO[Si](C)(C)C(C)(C)C)OCc1ccc(OC)cc1. The first-order valence-corrected chi connectivity index (χ1v) is 12.1. The predicted octanol–water partition coefficient (Wildman–Crippen LogP) is 4.99. The van der Waals surface area contributed by atoms with Crippen molar-refractivity contribution in [3.05, 3.63) is 29.8 Å². The van der Waals surface area contributed by atoms with Crippen molar-refractivity contribution in [3.63, 3.8) is 0 Å². The van der Waals surface area contributed by atoms with Crippen LogP contribution in [0.2, 0.25) is 18.1 Å². The molecule has 1 atom stereocenters. The largest absolute Gasteiger partial charge is 0.497 e. The quantitative estimate of drug-likeness (QED) is 0.309. The average molecular weight is 379 g/mol. The summed E-state index contributed by atoms with van der Waals surface area (Å²) in [7, 11) is -0.0415. The van der Waals surface area contributed by atoms with Crippen LogP contribution in [0, 0.1) is 12.5 Å². The molecule has 0 spiro atoms. The van der Waals surface area contributed by atoms with Crippen LogP contribution in [0.25, 0.3) is 0 Å².